The number of unbranched alkanes of at least 4 members (excludes halogenated alkanes) is 24. The highest BCUT2D eigenvalue weighted by Gasteiger charge is 2.43. The first-order valence-corrected chi connectivity index (χ1v) is 27.5. The monoisotopic (exact) mass is 982 g/mol. The van der Waals surface area contributed by atoms with Crippen LogP contribution in [0.4, 0.5) is 0 Å². The van der Waals surface area contributed by atoms with E-state index < -0.39 is 0 Å². The molecule has 4 amide bonds. The van der Waals surface area contributed by atoms with E-state index in [9.17, 15) is 19.2 Å². The van der Waals surface area contributed by atoms with Gasteiger partial charge in [-0.05, 0) is 81.5 Å². The Morgan fingerprint density at radius 2 is 0.613 bits per heavy atom. The predicted molar refractivity (Wildman–Crippen MR) is 268 cm³/mol. The minimum Gasteiger partial charge on any atom is -0.274 e. The van der Waals surface area contributed by atoms with Crippen molar-refractivity contribution in [1.29, 1.82) is 0 Å². The summed E-state index contributed by atoms with van der Waals surface area (Å²) in [7, 11) is 0. The second kappa shape index (κ2) is 29.5. The smallest absolute Gasteiger partial charge is 0.262 e. The molecule has 2 aromatic rings. The molecular formula is C54H84Br2N2O4. The van der Waals surface area contributed by atoms with Gasteiger partial charge < -0.3 is 0 Å². The molecule has 2 atom stereocenters. The lowest BCUT2D eigenvalue weighted by Crippen LogP contribution is -2.46. The van der Waals surface area contributed by atoms with Crippen molar-refractivity contribution in [3.63, 3.8) is 0 Å². The summed E-state index contributed by atoms with van der Waals surface area (Å²) in [5.41, 5.74) is 1.56. The lowest BCUT2D eigenvalue weighted by Gasteiger charge is -2.35. The van der Waals surface area contributed by atoms with Gasteiger partial charge in [-0.2, -0.15) is 0 Å². The van der Waals surface area contributed by atoms with E-state index in [-0.39, 0.29) is 35.5 Å². The van der Waals surface area contributed by atoms with E-state index in [0.717, 1.165) is 51.4 Å². The summed E-state index contributed by atoms with van der Waals surface area (Å²) in [5.74, 6) is -0.839. The summed E-state index contributed by atoms with van der Waals surface area (Å²) in [5, 5.41) is 0.886. The van der Waals surface area contributed by atoms with E-state index >= 15 is 0 Å². The molecular weight excluding hydrogens is 900 g/mol. The molecule has 0 aliphatic carbocycles. The molecule has 8 heteroatoms. The molecule has 0 unspecified atom stereocenters. The third kappa shape index (κ3) is 15.5. The zero-order valence-electron chi connectivity index (χ0n) is 39.6. The molecule has 0 radical (unpaired) electrons. The zero-order chi connectivity index (χ0) is 44.7. The Bertz CT molecular complexity index is 1580. The van der Waals surface area contributed by atoms with Crippen LogP contribution in [0.2, 0.25) is 0 Å². The van der Waals surface area contributed by atoms with Gasteiger partial charge in [-0.15, -0.1) is 0 Å². The number of benzene rings is 2. The molecule has 2 aromatic carbocycles. The Hall–Kier alpha value is -2.06. The summed E-state index contributed by atoms with van der Waals surface area (Å²) < 4.78 is 1.02. The van der Waals surface area contributed by atoms with Crippen LogP contribution in [-0.2, 0) is 0 Å². The number of carbonyl (C=O) groups excluding carboxylic acids is 4. The minimum atomic E-state index is -0.329. The quantitative estimate of drug-likeness (QED) is 0.0504. The first kappa shape index (κ1) is 52.6. The van der Waals surface area contributed by atoms with E-state index in [1.54, 1.807) is 12.1 Å². The molecule has 2 heterocycles. The van der Waals surface area contributed by atoms with Gasteiger partial charge in [-0.1, -0.05) is 207 Å². The maximum atomic E-state index is 14.6. The van der Waals surface area contributed by atoms with Gasteiger partial charge in [0.1, 0.15) is 0 Å². The number of amides is 4. The van der Waals surface area contributed by atoms with E-state index in [1.165, 1.54) is 164 Å². The van der Waals surface area contributed by atoms with E-state index in [2.05, 4.69) is 59.6 Å². The van der Waals surface area contributed by atoms with Gasteiger partial charge >= 0.3 is 0 Å². The molecule has 0 aromatic heterocycles. The molecule has 4 rings (SSSR count). The van der Waals surface area contributed by atoms with Crippen molar-refractivity contribution in [3.05, 3.63) is 43.3 Å². The molecule has 62 heavy (non-hydrogen) atoms. The Balaban J connectivity index is 1.53. The van der Waals surface area contributed by atoms with Gasteiger partial charge in [0, 0.05) is 43.9 Å². The lowest BCUT2D eigenvalue weighted by molar-refractivity contribution is 0.0555. The van der Waals surface area contributed by atoms with Crippen LogP contribution in [0.15, 0.2) is 21.1 Å². The molecule has 0 spiro atoms. The van der Waals surface area contributed by atoms with Crippen molar-refractivity contribution in [2.24, 2.45) is 11.8 Å². The van der Waals surface area contributed by atoms with Crippen molar-refractivity contribution in [2.75, 3.05) is 13.1 Å². The second-order valence-electron chi connectivity index (χ2n) is 19.1. The number of rotatable bonds is 36. The van der Waals surface area contributed by atoms with Crippen LogP contribution < -0.4 is 0 Å². The minimum absolute atomic E-state index is 0.234. The normalized spacial score (nSPS) is 14.8. The van der Waals surface area contributed by atoms with E-state index in [4.69, 9.17) is 0 Å². The van der Waals surface area contributed by atoms with Gasteiger partial charge in [0.2, 0.25) is 0 Å². The van der Waals surface area contributed by atoms with Gasteiger partial charge in [-0.25, -0.2) is 0 Å². The Morgan fingerprint density at radius 1 is 0.371 bits per heavy atom. The standard InChI is InChI=1S/C54H84Br2N2O4/c1-5-9-13-17-21-23-27-31-35-41(33-29-25-19-15-11-7-3)39-57-51(59)43-37-46(56)50-48-44(38-45(55)49(47(43)48)53(57)61)52(60)58(54(50)62)40-42(34-30-26-20-16-12-8-4)36-32-28-24-22-18-14-10-6-2/h37-38,41-42H,5-36,39-40H2,1-4H3/t41-,42-/m1/s1. The Morgan fingerprint density at radius 3 is 0.871 bits per heavy atom. The van der Waals surface area contributed by atoms with E-state index in [0.29, 0.717) is 55.1 Å². The first-order valence-electron chi connectivity index (χ1n) is 25.9. The topological polar surface area (TPSA) is 74.8 Å². The molecule has 2 aliphatic heterocycles. The number of hydrogen-bond acceptors (Lipinski definition) is 4. The van der Waals surface area contributed by atoms with Crippen molar-refractivity contribution in [2.45, 2.75) is 233 Å². The SMILES string of the molecule is CCCCCCCCCC[C@@H](CCCCCCCC)CN1C(=O)c2cc(Br)c3c4c(cc(Br)c(c24)C1=O)C(=O)N(C[C@H](CCCCCCCC)CCCCCCCCCC)C3=O. The molecule has 0 bridgehead atoms. The molecule has 2 aliphatic rings. The highest BCUT2D eigenvalue weighted by Crippen LogP contribution is 2.44. The summed E-state index contributed by atoms with van der Waals surface area (Å²) in [6.45, 7) is 9.78. The maximum absolute atomic E-state index is 14.6. The molecule has 0 saturated heterocycles. The summed E-state index contributed by atoms with van der Waals surface area (Å²) in [4.78, 5) is 61.2. The van der Waals surface area contributed by atoms with Gasteiger partial charge in [0.25, 0.3) is 23.6 Å². The number of nitrogens with zero attached hydrogens (tertiary/aromatic N) is 2. The largest absolute Gasteiger partial charge is 0.274 e. The fourth-order valence-corrected chi connectivity index (χ4v) is 11.3. The van der Waals surface area contributed by atoms with Crippen LogP contribution in [0, 0.1) is 11.8 Å². The van der Waals surface area contributed by atoms with Crippen molar-refractivity contribution >= 4 is 66.3 Å². The van der Waals surface area contributed by atoms with Gasteiger partial charge in [0.15, 0.2) is 0 Å². The predicted octanol–water partition coefficient (Wildman–Crippen LogP) is 17.4. The summed E-state index contributed by atoms with van der Waals surface area (Å²) in [6.07, 6.45) is 38.6. The number of imide groups is 2. The van der Waals surface area contributed by atoms with Crippen LogP contribution >= 0.6 is 31.9 Å². The third-order valence-corrected chi connectivity index (χ3v) is 15.2. The average Bonchev–Trinajstić information content (AvgIpc) is 3.26. The van der Waals surface area contributed by atoms with Crippen LogP contribution in [0.3, 0.4) is 0 Å². The summed E-state index contributed by atoms with van der Waals surface area (Å²) in [6, 6.07) is 3.50. The van der Waals surface area contributed by atoms with Gasteiger partial charge in [-0.3, -0.25) is 29.0 Å². The fourth-order valence-electron chi connectivity index (χ4n) is 10.1. The average molecular weight is 985 g/mol. The Labute approximate surface area is 394 Å². The second-order valence-corrected chi connectivity index (χ2v) is 20.8. The van der Waals surface area contributed by atoms with Crippen LogP contribution in [0.5, 0.6) is 0 Å². The molecule has 0 saturated carbocycles. The molecule has 0 N–H and O–H groups in total. The van der Waals surface area contributed by atoms with E-state index in [1.807, 2.05) is 0 Å². The zero-order valence-corrected chi connectivity index (χ0v) is 42.8. The van der Waals surface area contributed by atoms with Crippen LogP contribution in [-0.4, -0.2) is 46.5 Å². The maximum Gasteiger partial charge on any atom is 0.262 e. The molecule has 348 valence electrons. The fraction of sp³-hybridized carbons (Fsp3) is 0.741. The van der Waals surface area contributed by atoms with Crippen molar-refractivity contribution in [3.8, 4) is 0 Å². The highest BCUT2D eigenvalue weighted by atomic mass is 79.9. The number of halogens is 2. The Kier molecular flexibility index (Phi) is 25.0. The number of carbonyl (C=O) groups is 4. The summed E-state index contributed by atoms with van der Waals surface area (Å²) >= 11 is 7.46. The third-order valence-electron chi connectivity index (χ3n) is 13.9. The van der Waals surface area contributed by atoms with Crippen molar-refractivity contribution in [1.82, 2.24) is 9.80 Å². The van der Waals surface area contributed by atoms with Crippen LogP contribution in [0.1, 0.15) is 275 Å². The molecule has 6 nitrogen and oxygen atoms in total. The molecule has 0 fully saturated rings. The highest BCUT2D eigenvalue weighted by molar-refractivity contribution is 9.10. The number of hydrogen-bond donors (Lipinski definition) is 0. The lowest BCUT2D eigenvalue weighted by atomic mass is 9.84. The van der Waals surface area contributed by atoms with Crippen LogP contribution in [0.25, 0.3) is 10.8 Å². The first-order chi connectivity index (χ1) is 30.2. The van der Waals surface area contributed by atoms with Crippen molar-refractivity contribution < 1.29 is 19.2 Å². The van der Waals surface area contributed by atoms with Gasteiger partial charge in [0.05, 0.1) is 11.1 Å².